The van der Waals surface area contributed by atoms with E-state index in [0.717, 1.165) is 10.9 Å². The predicted octanol–water partition coefficient (Wildman–Crippen LogP) is 2.53. The van der Waals surface area contributed by atoms with Gasteiger partial charge in [-0.2, -0.15) is 0 Å². The second-order valence-electron chi connectivity index (χ2n) is 4.23. The summed E-state index contributed by atoms with van der Waals surface area (Å²) in [5.74, 6) is -1.11. The summed E-state index contributed by atoms with van der Waals surface area (Å²) in [7, 11) is 0. The second-order valence-corrected chi connectivity index (χ2v) is 4.23. The third-order valence-electron chi connectivity index (χ3n) is 2.92. The first-order valence-corrected chi connectivity index (χ1v) is 5.99. The number of carboxylic acid groups (broad SMARTS) is 1. The highest BCUT2D eigenvalue weighted by molar-refractivity contribution is 6.02. The van der Waals surface area contributed by atoms with Crippen molar-refractivity contribution in [2.24, 2.45) is 0 Å². The van der Waals surface area contributed by atoms with Gasteiger partial charge in [0.05, 0.1) is 23.7 Å². The summed E-state index contributed by atoms with van der Waals surface area (Å²) in [6.45, 7) is 0.451. The van der Waals surface area contributed by atoms with Crippen LogP contribution in [0, 0.1) is 0 Å². The van der Waals surface area contributed by atoms with E-state index in [1.54, 1.807) is 18.6 Å². The molecule has 0 aliphatic rings. The third-order valence-corrected chi connectivity index (χ3v) is 2.92. The average molecular weight is 269 g/mol. The lowest BCUT2D eigenvalue weighted by Gasteiger charge is -2.10. The molecule has 1 aromatic carbocycles. The van der Waals surface area contributed by atoms with Gasteiger partial charge in [0.25, 0.3) is 0 Å². The molecule has 2 heterocycles. The van der Waals surface area contributed by atoms with Crippen LogP contribution >= 0.6 is 0 Å². The van der Waals surface area contributed by atoms with Crippen molar-refractivity contribution in [3.8, 4) is 0 Å². The molecule has 20 heavy (non-hydrogen) atoms. The van der Waals surface area contributed by atoms with Gasteiger partial charge in [-0.05, 0) is 12.1 Å². The van der Waals surface area contributed by atoms with Gasteiger partial charge in [0.1, 0.15) is 0 Å². The van der Waals surface area contributed by atoms with E-state index in [-0.39, 0.29) is 5.69 Å². The van der Waals surface area contributed by atoms with Crippen LogP contribution in [0.4, 0.5) is 5.69 Å². The van der Waals surface area contributed by atoms with Crippen molar-refractivity contribution in [1.29, 1.82) is 0 Å². The Labute approximate surface area is 114 Å². The van der Waals surface area contributed by atoms with E-state index < -0.39 is 5.97 Å². The van der Waals surface area contributed by atoms with Crippen molar-refractivity contribution in [3.05, 3.63) is 54.1 Å². The summed E-state index contributed by atoms with van der Waals surface area (Å²) in [6.07, 6.45) is 3.17. The molecule has 3 aromatic rings. The normalized spacial score (nSPS) is 10.6. The molecule has 6 heteroatoms. The topological polar surface area (TPSA) is 88.2 Å². The largest absolute Gasteiger partial charge is 0.476 e. The Morgan fingerprint density at radius 3 is 2.85 bits per heavy atom. The number of carboxylic acids is 1. The number of furan rings is 1. The van der Waals surface area contributed by atoms with Crippen molar-refractivity contribution in [2.45, 2.75) is 6.54 Å². The van der Waals surface area contributed by atoms with Crippen molar-refractivity contribution >= 4 is 22.6 Å². The molecule has 0 radical (unpaired) electrons. The zero-order valence-corrected chi connectivity index (χ0v) is 10.4. The van der Waals surface area contributed by atoms with Gasteiger partial charge in [-0.15, -0.1) is 10.2 Å². The molecule has 0 atom stereocenters. The van der Waals surface area contributed by atoms with Crippen molar-refractivity contribution in [3.63, 3.8) is 0 Å². The molecule has 3 rings (SSSR count). The van der Waals surface area contributed by atoms with E-state index in [2.05, 4.69) is 15.5 Å². The molecule has 0 amide bonds. The first-order chi connectivity index (χ1) is 9.75. The second kappa shape index (κ2) is 5.00. The standard InChI is InChI=1S/C14H11N3O3/c18-14(19)13-12(15-7-9-5-6-20-8-9)10-3-1-2-4-11(10)16-17-13/h1-6,8H,7H2,(H,15,16)(H,18,19). The molecule has 0 fully saturated rings. The van der Waals surface area contributed by atoms with Crippen molar-refractivity contribution < 1.29 is 14.3 Å². The lowest BCUT2D eigenvalue weighted by molar-refractivity contribution is 0.0690. The molecular formula is C14H11N3O3. The van der Waals surface area contributed by atoms with E-state index in [1.807, 2.05) is 24.3 Å². The SMILES string of the molecule is O=C(O)c1nnc2ccccc2c1NCc1ccoc1. The summed E-state index contributed by atoms with van der Waals surface area (Å²) in [5.41, 5.74) is 1.94. The van der Waals surface area contributed by atoms with Gasteiger partial charge in [-0.3, -0.25) is 0 Å². The quantitative estimate of drug-likeness (QED) is 0.756. The Kier molecular flexibility index (Phi) is 3.04. The number of aromatic carboxylic acids is 1. The number of hydrogen-bond donors (Lipinski definition) is 2. The summed E-state index contributed by atoms with van der Waals surface area (Å²) in [5, 5.41) is 20.7. The Morgan fingerprint density at radius 1 is 1.25 bits per heavy atom. The van der Waals surface area contributed by atoms with E-state index in [4.69, 9.17) is 4.42 Å². The van der Waals surface area contributed by atoms with Gasteiger partial charge in [0.2, 0.25) is 0 Å². The van der Waals surface area contributed by atoms with Crippen LogP contribution in [0.3, 0.4) is 0 Å². The minimum atomic E-state index is -1.11. The molecular weight excluding hydrogens is 258 g/mol. The number of rotatable bonds is 4. The van der Waals surface area contributed by atoms with Gasteiger partial charge in [0, 0.05) is 17.5 Å². The van der Waals surface area contributed by atoms with Crippen molar-refractivity contribution in [2.75, 3.05) is 5.32 Å². The Morgan fingerprint density at radius 2 is 2.10 bits per heavy atom. The lowest BCUT2D eigenvalue weighted by Crippen LogP contribution is -2.10. The maximum Gasteiger partial charge on any atom is 0.358 e. The van der Waals surface area contributed by atoms with Crippen LogP contribution in [-0.2, 0) is 6.54 Å². The monoisotopic (exact) mass is 269 g/mol. The first-order valence-electron chi connectivity index (χ1n) is 5.99. The first kappa shape index (κ1) is 12.2. The van der Waals surface area contributed by atoms with Crippen LogP contribution in [0.2, 0.25) is 0 Å². The van der Waals surface area contributed by atoms with E-state index in [0.29, 0.717) is 17.7 Å². The highest BCUT2D eigenvalue weighted by Crippen LogP contribution is 2.24. The molecule has 0 aliphatic heterocycles. The third kappa shape index (κ3) is 2.18. The van der Waals surface area contributed by atoms with Gasteiger partial charge in [-0.25, -0.2) is 4.79 Å². The number of carbonyl (C=O) groups is 1. The lowest BCUT2D eigenvalue weighted by atomic mass is 10.1. The number of hydrogen-bond acceptors (Lipinski definition) is 5. The molecule has 0 unspecified atom stereocenters. The van der Waals surface area contributed by atoms with Crippen LogP contribution in [0.25, 0.3) is 10.9 Å². The number of benzene rings is 1. The van der Waals surface area contributed by atoms with Crippen LogP contribution in [0.15, 0.2) is 47.3 Å². The molecule has 0 spiro atoms. The maximum atomic E-state index is 11.3. The van der Waals surface area contributed by atoms with Gasteiger partial charge < -0.3 is 14.8 Å². The van der Waals surface area contributed by atoms with Crippen LogP contribution in [0.5, 0.6) is 0 Å². The minimum Gasteiger partial charge on any atom is -0.476 e. The molecule has 100 valence electrons. The molecule has 0 saturated heterocycles. The molecule has 0 saturated carbocycles. The number of anilines is 1. The zero-order chi connectivity index (χ0) is 13.9. The minimum absolute atomic E-state index is 0.0906. The molecule has 0 aliphatic carbocycles. The summed E-state index contributed by atoms with van der Waals surface area (Å²) in [6, 6.07) is 9.07. The Balaban J connectivity index is 2.05. The fraction of sp³-hybridized carbons (Fsp3) is 0.0714. The molecule has 2 aromatic heterocycles. The average Bonchev–Trinajstić information content (AvgIpc) is 2.97. The number of aromatic nitrogens is 2. The fourth-order valence-corrected chi connectivity index (χ4v) is 1.97. The van der Waals surface area contributed by atoms with E-state index in [1.165, 1.54) is 0 Å². The number of nitrogens with one attached hydrogen (secondary N) is 1. The summed E-state index contributed by atoms with van der Waals surface area (Å²) >= 11 is 0. The van der Waals surface area contributed by atoms with Crippen LogP contribution in [-0.4, -0.2) is 21.3 Å². The predicted molar refractivity (Wildman–Crippen MR) is 72.5 cm³/mol. The zero-order valence-electron chi connectivity index (χ0n) is 10.4. The van der Waals surface area contributed by atoms with Gasteiger partial charge in [0.15, 0.2) is 5.69 Å². The van der Waals surface area contributed by atoms with E-state index in [9.17, 15) is 9.90 Å². The summed E-state index contributed by atoms with van der Waals surface area (Å²) < 4.78 is 4.98. The van der Waals surface area contributed by atoms with Crippen LogP contribution < -0.4 is 5.32 Å². The number of nitrogens with zero attached hydrogens (tertiary/aromatic N) is 2. The molecule has 0 bridgehead atoms. The fourth-order valence-electron chi connectivity index (χ4n) is 1.97. The Bertz CT molecular complexity index is 753. The molecule has 6 nitrogen and oxygen atoms in total. The smallest absolute Gasteiger partial charge is 0.358 e. The maximum absolute atomic E-state index is 11.3. The van der Waals surface area contributed by atoms with Gasteiger partial charge >= 0.3 is 5.97 Å². The number of fused-ring (bicyclic) bond motifs is 1. The highest BCUT2D eigenvalue weighted by atomic mass is 16.4. The van der Waals surface area contributed by atoms with Crippen molar-refractivity contribution in [1.82, 2.24) is 10.2 Å². The van der Waals surface area contributed by atoms with E-state index >= 15 is 0 Å². The summed E-state index contributed by atoms with van der Waals surface area (Å²) in [4.78, 5) is 11.3. The van der Waals surface area contributed by atoms with Crippen LogP contribution in [0.1, 0.15) is 16.1 Å². The van der Waals surface area contributed by atoms with Gasteiger partial charge in [-0.1, -0.05) is 18.2 Å². The molecule has 2 N–H and O–H groups in total. The highest BCUT2D eigenvalue weighted by Gasteiger charge is 2.16. The Hall–Kier alpha value is -2.89.